The number of hydrogen-bond acceptors (Lipinski definition) is 4. The maximum absolute atomic E-state index is 12.5. The lowest BCUT2D eigenvalue weighted by atomic mass is 10.3. The summed E-state index contributed by atoms with van der Waals surface area (Å²) in [7, 11) is -3.25. The van der Waals surface area contributed by atoms with Crippen LogP contribution in [0.2, 0.25) is 0 Å². The molecule has 0 bridgehead atoms. The van der Waals surface area contributed by atoms with Crippen molar-refractivity contribution < 1.29 is 8.42 Å². The second-order valence-electron chi connectivity index (χ2n) is 5.25. The third-order valence-corrected chi connectivity index (χ3v) is 7.51. The van der Waals surface area contributed by atoms with Crippen molar-refractivity contribution in [3.05, 3.63) is 17.0 Å². The fraction of sp³-hybridized carbons (Fsp3) is 0.692. The van der Waals surface area contributed by atoms with E-state index >= 15 is 0 Å². The van der Waals surface area contributed by atoms with E-state index in [1.165, 1.54) is 24.2 Å². The lowest BCUT2D eigenvalue weighted by molar-refractivity contribution is 0.181. The van der Waals surface area contributed by atoms with E-state index in [9.17, 15) is 8.42 Å². The molecule has 3 rings (SSSR count). The summed E-state index contributed by atoms with van der Waals surface area (Å²) in [5.74, 6) is 0. The second kappa shape index (κ2) is 5.16. The minimum Gasteiger partial charge on any atom is -0.298 e. The predicted octanol–water partition coefficient (Wildman–Crippen LogP) is 1.78. The average Bonchev–Trinajstić information content (AvgIpc) is 3.15. The molecule has 2 heterocycles. The third-order valence-electron chi connectivity index (χ3n) is 3.92. The maximum atomic E-state index is 12.5. The highest BCUT2D eigenvalue weighted by atomic mass is 32.2. The number of hydrogen-bond donors (Lipinski definition) is 0. The van der Waals surface area contributed by atoms with Crippen molar-refractivity contribution in [1.29, 1.82) is 0 Å². The molecule has 1 saturated heterocycles. The zero-order valence-electron chi connectivity index (χ0n) is 11.2. The molecule has 1 aromatic rings. The van der Waals surface area contributed by atoms with Gasteiger partial charge in [0.2, 0.25) is 0 Å². The maximum Gasteiger partial charge on any atom is 0.252 e. The second-order valence-corrected chi connectivity index (χ2v) is 8.58. The van der Waals surface area contributed by atoms with Crippen LogP contribution in [-0.2, 0) is 16.4 Å². The molecular weight excluding hydrogens is 280 g/mol. The molecule has 0 aromatic carbocycles. The first kappa shape index (κ1) is 13.5. The lowest BCUT2D eigenvalue weighted by Crippen LogP contribution is -2.49. The monoisotopic (exact) mass is 300 g/mol. The summed E-state index contributed by atoms with van der Waals surface area (Å²) < 4.78 is 27.2. The van der Waals surface area contributed by atoms with Gasteiger partial charge in [-0.2, -0.15) is 4.31 Å². The van der Waals surface area contributed by atoms with E-state index in [-0.39, 0.29) is 0 Å². The molecular formula is C13H20N2O2S2. The molecule has 0 spiro atoms. The Balaban J connectivity index is 1.70. The van der Waals surface area contributed by atoms with E-state index in [0.29, 0.717) is 17.3 Å². The van der Waals surface area contributed by atoms with Crippen molar-refractivity contribution in [2.75, 3.05) is 26.2 Å². The van der Waals surface area contributed by atoms with Crippen LogP contribution in [0.15, 0.2) is 16.3 Å². The zero-order chi connectivity index (χ0) is 13.5. The van der Waals surface area contributed by atoms with Crippen LogP contribution in [0.5, 0.6) is 0 Å². The number of nitrogens with zero attached hydrogens (tertiary/aromatic N) is 2. The Labute approximate surface area is 119 Å². The number of piperazine rings is 1. The molecule has 0 amide bonds. The van der Waals surface area contributed by atoms with Crippen molar-refractivity contribution in [3.8, 4) is 0 Å². The van der Waals surface area contributed by atoms with Gasteiger partial charge in [-0.15, -0.1) is 11.3 Å². The summed E-state index contributed by atoms with van der Waals surface area (Å²) in [6.45, 7) is 5.10. The summed E-state index contributed by atoms with van der Waals surface area (Å²) in [5, 5.41) is 0. The molecule has 2 aliphatic rings. The molecule has 106 valence electrons. The highest BCUT2D eigenvalue weighted by Crippen LogP contribution is 2.30. The molecule has 6 heteroatoms. The molecule has 1 saturated carbocycles. The molecule has 0 atom stereocenters. The van der Waals surface area contributed by atoms with Gasteiger partial charge in [0.1, 0.15) is 4.21 Å². The number of sulfonamides is 1. The van der Waals surface area contributed by atoms with E-state index in [4.69, 9.17) is 0 Å². The van der Waals surface area contributed by atoms with Crippen molar-refractivity contribution in [3.63, 3.8) is 0 Å². The normalized spacial score (nSPS) is 22.8. The fourth-order valence-electron chi connectivity index (χ4n) is 2.56. The van der Waals surface area contributed by atoms with Gasteiger partial charge < -0.3 is 0 Å². The van der Waals surface area contributed by atoms with Crippen molar-refractivity contribution >= 4 is 21.4 Å². The van der Waals surface area contributed by atoms with Crippen LogP contribution >= 0.6 is 11.3 Å². The van der Waals surface area contributed by atoms with E-state index in [2.05, 4.69) is 11.8 Å². The highest BCUT2D eigenvalue weighted by Gasteiger charge is 2.35. The molecule has 19 heavy (non-hydrogen) atoms. The third kappa shape index (κ3) is 2.72. The number of aryl methyl sites for hydroxylation is 1. The highest BCUT2D eigenvalue weighted by molar-refractivity contribution is 7.91. The Morgan fingerprint density at radius 3 is 2.42 bits per heavy atom. The molecule has 2 fully saturated rings. The van der Waals surface area contributed by atoms with Crippen LogP contribution < -0.4 is 0 Å². The molecule has 0 N–H and O–H groups in total. The van der Waals surface area contributed by atoms with Gasteiger partial charge in [0.15, 0.2) is 0 Å². The Kier molecular flexibility index (Phi) is 3.68. The summed E-state index contributed by atoms with van der Waals surface area (Å²) >= 11 is 1.41. The van der Waals surface area contributed by atoms with Crippen LogP contribution in [-0.4, -0.2) is 49.8 Å². The Hall–Kier alpha value is -0.430. The van der Waals surface area contributed by atoms with Gasteiger partial charge in [0, 0.05) is 37.1 Å². The van der Waals surface area contributed by atoms with Crippen LogP contribution in [0.1, 0.15) is 24.6 Å². The molecule has 0 radical (unpaired) electrons. The van der Waals surface area contributed by atoms with Gasteiger partial charge >= 0.3 is 0 Å². The topological polar surface area (TPSA) is 40.6 Å². The van der Waals surface area contributed by atoms with Crippen molar-refractivity contribution in [2.45, 2.75) is 36.4 Å². The quantitative estimate of drug-likeness (QED) is 0.851. The smallest absolute Gasteiger partial charge is 0.252 e. The minimum absolute atomic E-state index is 0.504. The standard InChI is InChI=1S/C13H20N2O2S2/c1-2-12-5-6-13(18-12)19(16,17)15-9-7-14(8-10-15)11-3-4-11/h5-6,11H,2-4,7-10H2,1H3. The first-order valence-electron chi connectivity index (χ1n) is 6.94. The van der Waals surface area contributed by atoms with Crippen LogP contribution in [0.4, 0.5) is 0 Å². The van der Waals surface area contributed by atoms with Crippen LogP contribution in [0.3, 0.4) is 0 Å². The summed E-state index contributed by atoms with van der Waals surface area (Å²) in [5.41, 5.74) is 0. The molecule has 4 nitrogen and oxygen atoms in total. The molecule has 0 unspecified atom stereocenters. The van der Waals surface area contributed by atoms with E-state index in [1.54, 1.807) is 10.4 Å². The Morgan fingerprint density at radius 1 is 1.21 bits per heavy atom. The summed E-state index contributed by atoms with van der Waals surface area (Å²) in [4.78, 5) is 3.56. The first-order chi connectivity index (χ1) is 9.11. The first-order valence-corrected chi connectivity index (χ1v) is 9.20. The zero-order valence-corrected chi connectivity index (χ0v) is 12.8. The Bertz CT molecular complexity index is 541. The lowest BCUT2D eigenvalue weighted by Gasteiger charge is -2.33. The average molecular weight is 300 g/mol. The number of thiophene rings is 1. The van der Waals surface area contributed by atoms with Gasteiger partial charge in [-0.1, -0.05) is 6.92 Å². The van der Waals surface area contributed by atoms with Crippen LogP contribution in [0, 0.1) is 0 Å². The van der Waals surface area contributed by atoms with E-state index < -0.39 is 10.0 Å². The van der Waals surface area contributed by atoms with Gasteiger partial charge in [-0.3, -0.25) is 4.90 Å². The minimum atomic E-state index is -3.25. The number of rotatable bonds is 4. The van der Waals surface area contributed by atoms with Crippen molar-refractivity contribution in [1.82, 2.24) is 9.21 Å². The van der Waals surface area contributed by atoms with Gasteiger partial charge in [0.05, 0.1) is 0 Å². The molecule has 1 aliphatic heterocycles. The summed E-state index contributed by atoms with van der Waals surface area (Å²) in [6.07, 6.45) is 3.48. The van der Waals surface area contributed by atoms with E-state index in [1.807, 2.05) is 6.07 Å². The van der Waals surface area contributed by atoms with Gasteiger partial charge in [-0.05, 0) is 31.4 Å². The van der Waals surface area contributed by atoms with E-state index in [0.717, 1.165) is 30.4 Å². The van der Waals surface area contributed by atoms with Crippen LogP contribution in [0.25, 0.3) is 0 Å². The summed E-state index contributed by atoms with van der Waals surface area (Å²) in [6, 6.07) is 4.42. The van der Waals surface area contributed by atoms with Gasteiger partial charge in [-0.25, -0.2) is 8.42 Å². The predicted molar refractivity (Wildman–Crippen MR) is 77.1 cm³/mol. The largest absolute Gasteiger partial charge is 0.298 e. The molecule has 1 aliphatic carbocycles. The SMILES string of the molecule is CCc1ccc(S(=O)(=O)N2CCN(C3CC3)CC2)s1. The van der Waals surface area contributed by atoms with Gasteiger partial charge in [0.25, 0.3) is 10.0 Å². The Morgan fingerprint density at radius 2 is 1.89 bits per heavy atom. The molecule has 1 aromatic heterocycles. The van der Waals surface area contributed by atoms with Crippen molar-refractivity contribution in [2.24, 2.45) is 0 Å². The fourth-order valence-corrected chi connectivity index (χ4v) is 5.43.